The lowest BCUT2D eigenvalue weighted by atomic mass is 9.92. The molecule has 4 rings (SSSR count). The summed E-state index contributed by atoms with van der Waals surface area (Å²) >= 11 is 7.33. The highest BCUT2D eigenvalue weighted by atomic mass is 35.5. The average Bonchev–Trinajstić information content (AvgIpc) is 3.22. The number of nitrogens with one attached hydrogen (secondary N) is 1. The number of carbonyl (C=O) groups excluding carboxylic acids is 2. The number of anilines is 2. The fourth-order valence-electron chi connectivity index (χ4n) is 4.50. The second-order valence-corrected chi connectivity index (χ2v) is 11.5. The van der Waals surface area contributed by atoms with Crippen molar-refractivity contribution in [2.75, 3.05) is 25.0 Å². The van der Waals surface area contributed by atoms with Gasteiger partial charge in [-0.1, -0.05) is 29.0 Å². The van der Waals surface area contributed by atoms with Crippen LogP contribution in [0.25, 0.3) is 0 Å². The Labute approximate surface area is 209 Å². The molecule has 2 amide bonds. The van der Waals surface area contributed by atoms with Crippen molar-refractivity contribution >= 4 is 45.9 Å². The number of likely N-dealkylation sites (tertiary alicyclic amines) is 2. The summed E-state index contributed by atoms with van der Waals surface area (Å²) in [6, 6.07) is 5.49. The molecule has 2 saturated heterocycles. The van der Waals surface area contributed by atoms with Crippen molar-refractivity contribution in [2.24, 2.45) is 0 Å². The number of ether oxygens (including phenoxy) is 1. The number of carbonyl (C=O) groups is 2. The fourth-order valence-corrected chi connectivity index (χ4v) is 5.32. The predicted octanol–water partition coefficient (Wildman–Crippen LogP) is 5.43. The number of thiazole rings is 1. The highest BCUT2D eigenvalue weighted by molar-refractivity contribution is 7.19. The third-order valence-corrected chi connectivity index (χ3v) is 7.15. The number of aromatic nitrogens is 2. The topological polar surface area (TPSA) is 87.7 Å². The largest absolute Gasteiger partial charge is 0.444 e. The summed E-state index contributed by atoms with van der Waals surface area (Å²) in [5, 5.41) is 3.91. The summed E-state index contributed by atoms with van der Waals surface area (Å²) in [6.07, 6.45) is 5.43. The van der Waals surface area contributed by atoms with Gasteiger partial charge in [-0.05, 0) is 65.0 Å². The Morgan fingerprint density at radius 2 is 1.91 bits per heavy atom. The van der Waals surface area contributed by atoms with Gasteiger partial charge < -0.3 is 15.0 Å². The minimum atomic E-state index is -0.581. The van der Waals surface area contributed by atoms with E-state index in [1.807, 2.05) is 43.9 Å². The summed E-state index contributed by atoms with van der Waals surface area (Å²) in [5.74, 6) is 1.05. The average molecular weight is 506 g/mol. The van der Waals surface area contributed by atoms with Gasteiger partial charge >= 0.3 is 6.09 Å². The molecule has 0 saturated carbocycles. The van der Waals surface area contributed by atoms with Crippen molar-refractivity contribution in [1.29, 1.82) is 0 Å². The highest BCUT2D eigenvalue weighted by Gasteiger charge is 2.38. The van der Waals surface area contributed by atoms with Crippen LogP contribution in [0.2, 0.25) is 4.34 Å². The predicted molar refractivity (Wildman–Crippen MR) is 134 cm³/mol. The van der Waals surface area contributed by atoms with E-state index in [4.69, 9.17) is 21.3 Å². The minimum absolute atomic E-state index is 0.0352. The van der Waals surface area contributed by atoms with E-state index in [1.165, 1.54) is 11.3 Å². The molecule has 0 radical (unpaired) electrons. The molecule has 4 heterocycles. The van der Waals surface area contributed by atoms with Gasteiger partial charge in [0.25, 0.3) is 0 Å². The maximum Gasteiger partial charge on any atom is 0.410 e. The molecular weight excluding hydrogens is 474 g/mol. The second-order valence-electron chi connectivity index (χ2n) is 9.83. The number of halogens is 1. The number of nitrogens with zero attached hydrogens (tertiary/aromatic N) is 4. The molecule has 34 heavy (non-hydrogen) atoms. The van der Waals surface area contributed by atoms with Gasteiger partial charge in [0.1, 0.15) is 21.8 Å². The van der Waals surface area contributed by atoms with Crippen LogP contribution in [0.1, 0.15) is 64.5 Å². The molecule has 1 atom stereocenters. The lowest BCUT2D eigenvalue weighted by Gasteiger charge is -2.40. The maximum absolute atomic E-state index is 13.4. The summed E-state index contributed by atoms with van der Waals surface area (Å²) in [5.41, 5.74) is 0.427. The van der Waals surface area contributed by atoms with E-state index in [0.29, 0.717) is 35.5 Å². The molecule has 2 aromatic heterocycles. The van der Waals surface area contributed by atoms with Crippen LogP contribution in [-0.2, 0) is 9.53 Å². The number of piperidine rings is 2. The van der Waals surface area contributed by atoms with Crippen molar-refractivity contribution < 1.29 is 14.3 Å². The van der Waals surface area contributed by atoms with E-state index in [-0.39, 0.29) is 11.8 Å². The van der Waals surface area contributed by atoms with Gasteiger partial charge in [0.05, 0.1) is 6.20 Å². The summed E-state index contributed by atoms with van der Waals surface area (Å²) in [7, 11) is 0. The quantitative estimate of drug-likeness (QED) is 0.596. The minimum Gasteiger partial charge on any atom is -0.444 e. The first-order chi connectivity index (χ1) is 16.2. The number of rotatable bonds is 4. The number of amides is 2. The number of pyridine rings is 1. The maximum atomic E-state index is 13.4. The van der Waals surface area contributed by atoms with E-state index in [0.717, 1.165) is 37.2 Å². The van der Waals surface area contributed by atoms with Gasteiger partial charge in [-0.3, -0.25) is 9.69 Å². The van der Waals surface area contributed by atoms with Crippen molar-refractivity contribution in [1.82, 2.24) is 19.8 Å². The third kappa shape index (κ3) is 6.18. The summed E-state index contributed by atoms with van der Waals surface area (Å²) in [6.45, 7) is 7.42. The Hall–Kier alpha value is -2.39. The molecule has 8 nitrogen and oxygen atoms in total. The Kier molecular flexibility index (Phi) is 7.62. The molecule has 1 N–H and O–H groups in total. The van der Waals surface area contributed by atoms with E-state index >= 15 is 0 Å². The molecule has 0 aliphatic carbocycles. The van der Waals surface area contributed by atoms with E-state index in [9.17, 15) is 9.59 Å². The van der Waals surface area contributed by atoms with E-state index < -0.39 is 17.7 Å². The first kappa shape index (κ1) is 24.7. The van der Waals surface area contributed by atoms with Crippen LogP contribution in [0.5, 0.6) is 0 Å². The van der Waals surface area contributed by atoms with Crippen LogP contribution in [0.15, 0.2) is 24.4 Å². The monoisotopic (exact) mass is 505 g/mol. The van der Waals surface area contributed by atoms with Crippen molar-refractivity contribution in [3.8, 4) is 0 Å². The normalized spacial score (nSPS) is 19.7. The van der Waals surface area contributed by atoms with Gasteiger partial charge in [0, 0.05) is 31.2 Å². The Morgan fingerprint density at radius 1 is 1.15 bits per heavy atom. The smallest absolute Gasteiger partial charge is 0.410 e. The fraction of sp³-hybridized carbons (Fsp3) is 0.583. The summed E-state index contributed by atoms with van der Waals surface area (Å²) < 4.78 is 6.19. The number of hydrogen-bond acceptors (Lipinski definition) is 7. The molecule has 0 aromatic carbocycles. The van der Waals surface area contributed by atoms with Crippen LogP contribution < -0.4 is 5.32 Å². The van der Waals surface area contributed by atoms with Crippen molar-refractivity contribution in [3.05, 3.63) is 34.4 Å². The molecule has 2 aliphatic rings. The highest BCUT2D eigenvalue weighted by Crippen LogP contribution is 2.31. The van der Waals surface area contributed by atoms with Crippen LogP contribution in [0, 0.1) is 0 Å². The molecule has 2 aliphatic heterocycles. The lowest BCUT2D eigenvalue weighted by Crippen LogP contribution is -2.55. The Balaban J connectivity index is 1.36. The first-order valence-corrected chi connectivity index (χ1v) is 13.0. The zero-order chi connectivity index (χ0) is 24.3. The van der Waals surface area contributed by atoms with E-state index in [2.05, 4.69) is 10.3 Å². The first-order valence-electron chi connectivity index (χ1n) is 11.8. The van der Waals surface area contributed by atoms with Gasteiger partial charge in [0.15, 0.2) is 5.13 Å². The Bertz CT molecular complexity index is 1020. The van der Waals surface area contributed by atoms with Crippen LogP contribution in [-0.4, -0.2) is 63.0 Å². The third-order valence-electron chi connectivity index (χ3n) is 6.12. The van der Waals surface area contributed by atoms with Crippen LogP contribution >= 0.6 is 22.9 Å². The van der Waals surface area contributed by atoms with Crippen molar-refractivity contribution in [3.63, 3.8) is 0 Å². The SMILES string of the molecule is CC(C)(C)OC(=O)N1CCCC[C@H]1C(=O)N1CCC(c2cccc(Nc3ncc(Cl)s3)n2)CC1. The molecule has 0 bridgehead atoms. The lowest BCUT2D eigenvalue weighted by molar-refractivity contribution is -0.139. The summed E-state index contributed by atoms with van der Waals surface area (Å²) in [4.78, 5) is 38.6. The molecule has 10 heteroatoms. The van der Waals surface area contributed by atoms with Gasteiger partial charge in [-0.2, -0.15) is 0 Å². The Morgan fingerprint density at radius 3 is 2.59 bits per heavy atom. The molecule has 2 fully saturated rings. The molecule has 0 spiro atoms. The van der Waals surface area contributed by atoms with Crippen molar-refractivity contribution in [2.45, 2.75) is 70.4 Å². The zero-order valence-corrected chi connectivity index (χ0v) is 21.5. The molecular formula is C24H32ClN5O3S. The van der Waals surface area contributed by atoms with Crippen LogP contribution in [0.4, 0.5) is 15.7 Å². The van der Waals surface area contributed by atoms with E-state index in [1.54, 1.807) is 11.1 Å². The van der Waals surface area contributed by atoms with Gasteiger partial charge in [-0.15, -0.1) is 0 Å². The molecule has 0 unspecified atom stereocenters. The van der Waals surface area contributed by atoms with Crippen LogP contribution in [0.3, 0.4) is 0 Å². The zero-order valence-electron chi connectivity index (χ0n) is 19.9. The second kappa shape index (κ2) is 10.5. The van der Waals surface area contributed by atoms with Gasteiger partial charge in [0.2, 0.25) is 5.91 Å². The standard InChI is InChI=1S/C24H32ClN5O3S/c1-24(2,3)33-23(32)30-12-5-4-8-18(30)21(31)29-13-10-16(11-14-29)17-7-6-9-20(27-17)28-22-26-15-19(25)34-22/h6-7,9,15-16,18H,4-5,8,10-14H2,1-3H3,(H,26,27,28)/t18-/m0/s1. The number of hydrogen-bond donors (Lipinski definition) is 1. The molecule has 184 valence electrons. The molecule has 2 aromatic rings. The van der Waals surface area contributed by atoms with Gasteiger partial charge in [-0.25, -0.2) is 14.8 Å².